The third kappa shape index (κ3) is 4.84. The zero-order valence-corrected chi connectivity index (χ0v) is 18.8. The number of hydrogen-bond donors (Lipinski definition) is 1. The fourth-order valence-corrected chi connectivity index (χ4v) is 4.43. The number of amides is 2. The third-order valence-electron chi connectivity index (χ3n) is 5.99. The lowest BCUT2D eigenvalue weighted by atomic mass is 9.86. The molecule has 1 aromatic heterocycles. The van der Waals surface area contributed by atoms with Gasteiger partial charge in [0.2, 0.25) is 0 Å². The van der Waals surface area contributed by atoms with Gasteiger partial charge in [0.15, 0.2) is 5.69 Å². The van der Waals surface area contributed by atoms with Gasteiger partial charge in [0.05, 0.1) is 24.3 Å². The first-order valence-corrected chi connectivity index (χ1v) is 10.9. The number of rotatable bonds is 2. The van der Waals surface area contributed by atoms with E-state index in [0.29, 0.717) is 37.2 Å². The Morgan fingerprint density at radius 1 is 1.06 bits per heavy atom. The second kappa shape index (κ2) is 8.39. The number of halogens is 3. The number of fused-ring (bicyclic) bond motifs is 1. The minimum Gasteiger partial charge on any atom is -0.444 e. The number of piperidine rings is 1. The van der Waals surface area contributed by atoms with Crippen LogP contribution in [0.1, 0.15) is 72.4 Å². The molecule has 0 aliphatic carbocycles. The summed E-state index contributed by atoms with van der Waals surface area (Å²) in [7, 11) is 0. The SMILES string of the molecule is CC(C)(C)OC(=O)N1Cc2[nH]nc(C(=O)N3CCC(c4ccccc4C(F)(F)F)CC3)c2C1. The van der Waals surface area contributed by atoms with Gasteiger partial charge >= 0.3 is 12.3 Å². The molecule has 0 saturated carbocycles. The number of nitrogens with one attached hydrogen (secondary N) is 1. The van der Waals surface area contributed by atoms with Crippen molar-refractivity contribution in [1.82, 2.24) is 20.0 Å². The van der Waals surface area contributed by atoms with E-state index in [1.165, 1.54) is 17.0 Å². The molecule has 0 unspecified atom stereocenters. The van der Waals surface area contributed by atoms with Gasteiger partial charge in [-0.3, -0.25) is 14.8 Å². The Balaban J connectivity index is 1.42. The summed E-state index contributed by atoms with van der Waals surface area (Å²) in [4.78, 5) is 28.6. The van der Waals surface area contributed by atoms with Crippen molar-refractivity contribution in [2.75, 3.05) is 13.1 Å². The summed E-state index contributed by atoms with van der Waals surface area (Å²) in [5, 5.41) is 7.00. The molecule has 0 atom stereocenters. The highest BCUT2D eigenvalue weighted by Crippen LogP contribution is 2.39. The minimum atomic E-state index is -4.40. The largest absolute Gasteiger partial charge is 0.444 e. The maximum Gasteiger partial charge on any atom is 0.416 e. The lowest BCUT2D eigenvalue weighted by molar-refractivity contribution is -0.138. The molecule has 2 aliphatic rings. The van der Waals surface area contributed by atoms with E-state index >= 15 is 0 Å². The summed E-state index contributed by atoms with van der Waals surface area (Å²) in [6.45, 7) is 6.53. The van der Waals surface area contributed by atoms with E-state index in [-0.39, 0.29) is 36.2 Å². The first-order chi connectivity index (χ1) is 15.4. The Morgan fingerprint density at radius 2 is 1.73 bits per heavy atom. The molecule has 1 fully saturated rings. The Morgan fingerprint density at radius 3 is 2.36 bits per heavy atom. The molecule has 1 saturated heterocycles. The van der Waals surface area contributed by atoms with Gasteiger partial charge in [0.25, 0.3) is 5.91 Å². The van der Waals surface area contributed by atoms with Crippen LogP contribution in [-0.2, 0) is 24.0 Å². The van der Waals surface area contributed by atoms with Crippen molar-refractivity contribution in [3.63, 3.8) is 0 Å². The zero-order chi connectivity index (χ0) is 24.0. The molecular formula is C23H27F3N4O3. The van der Waals surface area contributed by atoms with Crippen molar-refractivity contribution >= 4 is 12.0 Å². The summed E-state index contributed by atoms with van der Waals surface area (Å²) in [6.07, 6.45) is -3.99. The predicted molar refractivity (Wildman–Crippen MR) is 113 cm³/mol. The number of likely N-dealkylation sites (tertiary alicyclic amines) is 1. The first kappa shape index (κ1) is 23.1. The summed E-state index contributed by atoms with van der Waals surface area (Å²) in [5.74, 6) is -0.541. The second-order valence-electron chi connectivity index (χ2n) is 9.52. The summed E-state index contributed by atoms with van der Waals surface area (Å²) >= 11 is 0. The molecule has 33 heavy (non-hydrogen) atoms. The van der Waals surface area contributed by atoms with E-state index in [1.807, 2.05) is 0 Å². The first-order valence-electron chi connectivity index (χ1n) is 10.9. The highest BCUT2D eigenvalue weighted by molar-refractivity contribution is 5.94. The Hall–Kier alpha value is -3.04. The highest BCUT2D eigenvalue weighted by atomic mass is 19.4. The molecule has 178 valence electrons. The Labute approximate surface area is 189 Å². The number of aromatic nitrogens is 2. The van der Waals surface area contributed by atoms with Crippen LogP contribution < -0.4 is 0 Å². The number of hydrogen-bond acceptors (Lipinski definition) is 4. The quantitative estimate of drug-likeness (QED) is 0.699. The van der Waals surface area contributed by atoms with Crippen LogP contribution in [-0.4, -0.2) is 50.7 Å². The molecule has 0 bridgehead atoms. The van der Waals surface area contributed by atoms with Gasteiger partial charge in [-0.05, 0) is 51.2 Å². The van der Waals surface area contributed by atoms with Crippen LogP contribution in [0.15, 0.2) is 24.3 Å². The van der Waals surface area contributed by atoms with Crippen LogP contribution >= 0.6 is 0 Å². The van der Waals surface area contributed by atoms with Crippen LogP contribution in [0.3, 0.4) is 0 Å². The Bertz CT molecular complexity index is 1050. The van der Waals surface area contributed by atoms with Gasteiger partial charge in [0, 0.05) is 18.7 Å². The van der Waals surface area contributed by atoms with Crippen LogP contribution in [0.4, 0.5) is 18.0 Å². The molecule has 10 heteroatoms. The van der Waals surface area contributed by atoms with Crippen LogP contribution in [0, 0.1) is 0 Å². The topological polar surface area (TPSA) is 78.5 Å². The van der Waals surface area contributed by atoms with Gasteiger partial charge < -0.3 is 9.64 Å². The van der Waals surface area contributed by atoms with Gasteiger partial charge in [-0.1, -0.05) is 18.2 Å². The van der Waals surface area contributed by atoms with Gasteiger partial charge in [0.1, 0.15) is 5.60 Å². The van der Waals surface area contributed by atoms with Gasteiger partial charge in [-0.2, -0.15) is 18.3 Å². The number of carbonyl (C=O) groups is 2. The molecule has 2 amide bonds. The number of nitrogens with zero attached hydrogens (tertiary/aromatic N) is 3. The summed E-state index contributed by atoms with van der Waals surface area (Å²) in [5.41, 5.74) is 0.658. The number of aromatic amines is 1. The van der Waals surface area contributed by atoms with E-state index in [0.717, 1.165) is 6.07 Å². The molecule has 7 nitrogen and oxygen atoms in total. The average Bonchev–Trinajstić information content (AvgIpc) is 3.33. The molecular weight excluding hydrogens is 437 g/mol. The third-order valence-corrected chi connectivity index (χ3v) is 5.99. The number of alkyl halides is 3. The Kier molecular flexibility index (Phi) is 5.88. The van der Waals surface area contributed by atoms with E-state index in [2.05, 4.69) is 10.2 Å². The number of carbonyl (C=O) groups excluding carboxylic acids is 2. The highest BCUT2D eigenvalue weighted by Gasteiger charge is 2.38. The number of ether oxygens (including phenoxy) is 1. The second-order valence-corrected chi connectivity index (χ2v) is 9.52. The smallest absolute Gasteiger partial charge is 0.416 e. The lowest BCUT2D eigenvalue weighted by Gasteiger charge is -2.33. The molecule has 0 spiro atoms. The van der Waals surface area contributed by atoms with E-state index in [1.54, 1.807) is 31.7 Å². The van der Waals surface area contributed by atoms with Crippen molar-refractivity contribution < 1.29 is 27.5 Å². The monoisotopic (exact) mass is 464 g/mol. The van der Waals surface area contributed by atoms with Crippen molar-refractivity contribution in [3.8, 4) is 0 Å². The van der Waals surface area contributed by atoms with Crippen molar-refractivity contribution in [3.05, 3.63) is 52.3 Å². The van der Waals surface area contributed by atoms with Gasteiger partial charge in [-0.15, -0.1) is 0 Å². The maximum atomic E-state index is 13.4. The zero-order valence-electron chi connectivity index (χ0n) is 18.8. The molecule has 1 N–H and O–H groups in total. The fraction of sp³-hybridized carbons (Fsp3) is 0.522. The minimum absolute atomic E-state index is 0.219. The molecule has 3 heterocycles. The average molecular weight is 464 g/mol. The van der Waals surface area contributed by atoms with Crippen LogP contribution in [0.2, 0.25) is 0 Å². The van der Waals surface area contributed by atoms with Crippen molar-refractivity contribution in [1.29, 1.82) is 0 Å². The molecule has 2 aromatic rings. The van der Waals surface area contributed by atoms with Gasteiger partial charge in [-0.25, -0.2) is 4.79 Å². The van der Waals surface area contributed by atoms with E-state index in [9.17, 15) is 22.8 Å². The van der Waals surface area contributed by atoms with E-state index in [4.69, 9.17) is 4.74 Å². The van der Waals surface area contributed by atoms with Crippen molar-refractivity contribution in [2.24, 2.45) is 0 Å². The molecule has 0 radical (unpaired) electrons. The van der Waals surface area contributed by atoms with Crippen LogP contribution in [0.25, 0.3) is 0 Å². The predicted octanol–water partition coefficient (Wildman–Crippen LogP) is 4.70. The normalized spacial score (nSPS) is 17.3. The molecule has 4 rings (SSSR count). The maximum absolute atomic E-state index is 13.4. The number of benzene rings is 1. The molecule has 2 aliphatic heterocycles. The number of H-pyrrole nitrogens is 1. The van der Waals surface area contributed by atoms with Crippen molar-refractivity contribution in [2.45, 2.75) is 64.4 Å². The summed E-state index contributed by atoms with van der Waals surface area (Å²) in [6, 6.07) is 5.64. The standard InChI is InChI=1S/C23H27F3N4O3/c1-22(2,3)33-21(32)30-12-16-18(13-30)27-28-19(16)20(31)29-10-8-14(9-11-29)15-6-4-5-7-17(15)23(24,25)26/h4-7,14H,8-13H2,1-3H3,(H,27,28). The van der Waals surface area contributed by atoms with Crippen LogP contribution in [0.5, 0.6) is 0 Å². The fourth-order valence-electron chi connectivity index (χ4n) is 4.43. The van der Waals surface area contributed by atoms with E-state index < -0.39 is 23.4 Å². The molecule has 1 aromatic carbocycles. The lowest BCUT2D eigenvalue weighted by Crippen LogP contribution is -2.39. The summed E-state index contributed by atoms with van der Waals surface area (Å²) < 4.78 is 45.6.